The summed E-state index contributed by atoms with van der Waals surface area (Å²) in [4.78, 5) is 13.0. The van der Waals surface area contributed by atoms with Gasteiger partial charge in [0.1, 0.15) is 5.60 Å². The first kappa shape index (κ1) is 17.2. The zero-order valence-corrected chi connectivity index (χ0v) is 14.9. The summed E-state index contributed by atoms with van der Waals surface area (Å²) in [6.07, 6.45) is 7.79. The molecule has 0 bridgehead atoms. The first-order valence-corrected chi connectivity index (χ1v) is 9.14. The number of aliphatic hydroxyl groups excluding tert-OH is 1. The molecule has 0 aromatic rings. The van der Waals surface area contributed by atoms with Gasteiger partial charge in [-0.1, -0.05) is 33.3 Å². The molecule has 23 heavy (non-hydrogen) atoms. The Morgan fingerprint density at radius 2 is 1.91 bits per heavy atom. The van der Waals surface area contributed by atoms with Crippen LogP contribution >= 0.6 is 0 Å². The Hall–Kier alpha value is -0.670. The van der Waals surface area contributed by atoms with Crippen LogP contribution in [0, 0.1) is 28.1 Å². The van der Waals surface area contributed by atoms with E-state index in [1.807, 2.05) is 6.08 Å². The Balaban J connectivity index is 2.03. The lowest BCUT2D eigenvalue weighted by Gasteiger charge is -2.63. The molecule has 3 aliphatic carbocycles. The Morgan fingerprint density at radius 3 is 2.52 bits per heavy atom. The fraction of sp³-hybridized carbons (Fsp3) is 0.850. The molecule has 6 atom stereocenters. The third-order valence-corrected chi connectivity index (χ3v) is 7.88. The molecule has 3 fully saturated rings. The molecule has 0 heterocycles. The largest absolute Gasteiger partial charge is 0.396 e. The molecule has 0 radical (unpaired) electrons. The van der Waals surface area contributed by atoms with Crippen LogP contribution in [0.25, 0.3) is 0 Å². The third kappa shape index (κ3) is 2.26. The van der Waals surface area contributed by atoms with Crippen LogP contribution in [0.5, 0.6) is 0 Å². The second-order valence-corrected chi connectivity index (χ2v) is 9.40. The van der Waals surface area contributed by atoms with Gasteiger partial charge in [0, 0.05) is 18.9 Å². The van der Waals surface area contributed by atoms with Gasteiger partial charge in [0.25, 0.3) is 0 Å². The van der Waals surface area contributed by atoms with Crippen LogP contribution in [0.2, 0.25) is 0 Å². The standard InChI is InChI=1S/C20H32O3/c1-5-17(2)10-7-14-19(4)9-6-8-18(3,13-21)15(19)11-16(22)20(14,23)12-17/h5,14-15,21,23H,1,6-13H2,2-4H3/t14-,15?,17-,18-,19+,20-/m1/s1. The van der Waals surface area contributed by atoms with E-state index in [0.29, 0.717) is 12.8 Å². The minimum atomic E-state index is -1.21. The normalized spacial score (nSPS) is 53.3. The number of hydrogen-bond acceptors (Lipinski definition) is 3. The molecule has 3 nitrogen and oxygen atoms in total. The van der Waals surface area contributed by atoms with E-state index in [2.05, 4.69) is 27.4 Å². The molecule has 0 aromatic heterocycles. The van der Waals surface area contributed by atoms with Gasteiger partial charge in [-0.3, -0.25) is 4.79 Å². The van der Waals surface area contributed by atoms with Gasteiger partial charge >= 0.3 is 0 Å². The summed E-state index contributed by atoms with van der Waals surface area (Å²) in [5, 5.41) is 21.4. The van der Waals surface area contributed by atoms with Gasteiger partial charge in [-0.05, 0) is 54.3 Å². The average Bonchev–Trinajstić information content (AvgIpc) is 2.50. The molecule has 0 spiro atoms. The maximum Gasteiger partial charge on any atom is 0.164 e. The minimum absolute atomic E-state index is 0.000625. The van der Waals surface area contributed by atoms with Gasteiger partial charge in [0.05, 0.1) is 0 Å². The number of carbonyl (C=O) groups is 1. The number of carbonyl (C=O) groups excluding carboxylic acids is 1. The second-order valence-electron chi connectivity index (χ2n) is 9.40. The van der Waals surface area contributed by atoms with Crippen LogP contribution < -0.4 is 0 Å². The van der Waals surface area contributed by atoms with Crippen LogP contribution in [0.4, 0.5) is 0 Å². The molecular formula is C20H32O3. The monoisotopic (exact) mass is 320 g/mol. The Morgan fingerprint density at radius 1 is 1.22 bits per heavy atom. The average molecular weight is 320 g/mol. The summed E-state index contributed by atoms with van der Waals surface area (Å²) in [5.41, 5.74) is -1.61. The first-order valence-electron chi connectivity index (χ1n) is 9.14. The van der Waals surface area contributed by atoms with Gasteiger partial charge in [0.2, 0.25) is 0 Å². The highest BCUT2D eigenvalue weighted by Gasteiger charge is 2.65. The lowest BCUT2D eigenvalue weighted by molar-refractivity contribution is -0.206. The summed E-state index contributed by atoms with van der Waals surface area (Å²) in [6, 6.07) is 0. The third-order valence-electron chi connectivity index (χ3n) is 7.88. The summed E-state index contributed by atoms with van der Waals surface area (Å²) in [6.45, 7) is 10.6. The number of hydrogen-bond donors (Lipinski definition) is 2. The minimum Gasteiger partial charge on any atom is -0.396 e. The van der Waals surface area contributed by atoms with E-state index in [4.69, 9.17) is 0 Å². The van der Waals surface area contributed by atoms with Gasteiger partial charge < -0.3 is 10.2 Å². The molecule has 0 amide bonds. The van der Waals surface area contributed by atoms with E-state index < -0.39 is 5.60 Å². The second kappa shape index (κ2) is 5.16. The highest BCUT2D eigenvalue weighted by Crippen LogP contribution is 2.65. The number of Topliss-reactive ketones (excluding diaryl/α,β-unsaturated/α-hetero) is 1. The molecule has 0 aromatic carbocycles. The Bertz CT molecular complexity index is 529. The predicted octanol–water partition coefficient (Wildman–Crippen LogP) is 3.49. The predicted molar refractivity (Wildman–Crippen MR) is 90.9 cm³/mol. The van der Waals surface area contributed by atoms with Crippen molar-refractivity contribution in [1.82, 2.24) is 0 Å². The number of fused-ring (bicyclic) bond motifs is 3. The molecule has 1 unspecified atom stereocenters. The van der Waals surface area contributed by atoms with Gasteiger partial charge in [-0.25, -0.2) is 0 Å². The zero-order chi connectivity index (χ0) is 17.1. The Kier molecular flexibility index (Phi) is 3.85. The van der Waals surface area contributed by atoms with Crippen LogP contribution in [0.15, 0.2) is 12.7 Å². The van der Waals surface area contributed by atoms with Crippen molar-refractivity contribution in [1.29, 1.82) is 0 Å². The van der Waals surface area contributed by atoms with Gasteiger partial charge in [-0.2, -0.15) is 0 Å². The van der Waals surface area contributed by atoms with Crippen molar-refractivity contribution >= 4 is 5.78 Å². The van der Waals surface area contributed by atoms with Gasteiger partial charge in [-0.15, -0.1) is 6.58 Å². The van der Waals surface area contributed by atoms with E-state index in [9.17, 15) is 15.0 Å². The van der Waals surface area contributed by atoms with E-state index >= 15 is 0 Å². The summed E-state index contributed by atoms with van der Waals surface area (Å²) in [5.74, 6) is 0.194. The molecule has 0 saturated heterocycles. The SMILES string of the molecule is C=C[C@]1(C)CC[C@H]2[C@](O)(C1)C(=O)CC1[C@@](C)(CO)CCC[C@]12C. The van der Waals surface area contributed by atoms with E-state index in [1.54, 1.807) is 0 Å². The van der Waals surface area contributed by atoms with Crippen molar-refractivity contribution < 1.29 is 15.0 Å². The highest BCUT2D eigenvalue weighted by atomic mass is 16.3. The fourth-order valence-corrected chi connectivity index (χ4v) is 6.35. The number of ketones is 1. The fourth-order valence-electron chi connectivity index (χ4n) is 6.35. The number of allylic oxidation sites excluding steroid dienone is 1. The lowest BCUT2D eigenvalue weighted by Crippen LogP contribution is -2.66. The van der Waals surface area contributed by atoms with Gasteiger partial charge in [0.15, 0.2) is 5.78 Å². The zero-order valence-electron chi connectivity index (χ0n) is 14.9. The first-order chi connectivity index (χ1) is 10.6. The van der Waals surface area contributed by atoms with Crippen molar-refractivity contribution in [2.45, 2.75) is 71.3 Å². The summed E-state index contributed by atoms with van der Waals surface area (Å²) < 4.78 is 0. The molecule has 0 aliphatic heterocycles. The molecular weight excluding hydrogens is 288 g/mol. The summed E-state index contributed by atoms with van der Waals surface area (Å²) >= 11 is 0. The van der Waals surface area contributed by atoms with Crippen molar-refractivity contribution in [2.24, 2.45) is 28.1 Å². The van der Waals surface area contributed by atoms with Crippen LogP contribution in [0.3, 0.4) is 0 Å². The maximum absolute atomic E-state index is 13.0. The molecule has 3 heteroatoms. The van der Waals surface area contributed by atoms with Crippen molar-refractivity contribution in [3.8, 4) is 0 Å². The smallest absolute Gasteiger partial charge is 0.164 e. The van der Waals surface area contributed by atoms with Crippen molar-refractivity contribution in [2.75, 3.05) is 6.61 Å². The van der Waals surface area contributed by atoms with Crippen molar-refractivity contribution in [3.05, 3.63) is 12.7 Å². The summed E-state index contributed by atoms with van der Waals surface area (Å²) in [7, 11) is 0. The molecule has 2 N–H and O–H groups in total. The topological polar surface area (TPSA) is 57.5 Å². The molecule has 3 rings (SSSR count). The molecule has 3 saturated carbocycles. The van der Waals surface area contributed by atoms with Crippen LogP contribution in [0.1, 0.15) is 65.7 Å². The maximum atomic E-state index is 13.0. The van der Waals surface area contributed by atoms with Crippen LogP contribution in [-0.4, -0.2) is 28.2 Å². The molecule has 130 valence electrons. The highest BCUT2D eigenvalue weighted by molar-refractivity contribution is 5.89. The van der Waals surface area contributed by atoms with E-state index in [-0.39, 0.29) is 40.5 Å². The van der Waals surface area contributed by atoms with Crippen molar-refractivity contribution in [3.63, 3.8) is 0 Å². The number of aliphatic hydroxyl groups is 2. The van der Waals surface area contributed by atoms with E-state index in [0.717, 1.165) is 32.1 Å². The quantitative estimate of drug-likeness (QED) is 0.766. The van der Waals surface area contributed by atoms with Crippen LogP contribution in [-0.2, 0) is 4.79 Å². The number of rotatable bonds is 2. The molecule has 3 aliphatic rings. The van der Waals surface area contributed by atoms with E-state index in [1.165, 1.54) is 0 Å². The Labute approximate surface area is 140 Å². The lowest BCUT2D eigenvalue weighted by atomic mass is 9.41.